The van der Waals surface area contributed by atoms with Crippen LogP contribution in [0.2, 0.25) is 0 Å². The van der Waals surface area contributed by atoms with Crippen LogP contribution in [0.25, 0.3) is 0 Å². The van der Waals surface area contributed by atoms with Gasteiger partial charge in [0, 0.05) is 17.7 Å². The van der Waals surface area contributed by atoms with Crippen molar-refractivity contribution in [3.63, 3.8) is 0 Å². The molecule has 1 rings (SSSR count). The molecule has 0 aromatic heterocycles. The molecule has 0 saturated heterocycles. The lowest BCUT2D eigenvalue weighted by Gasteiger charge is -2.08. The van der Waals surface area contributed by atoms with Gasteiger partial charge in [0.05, 0.1) is 0 Å². The monoisotopic (exact) mass is 259 g/mol. The van der Waals surface area contributed by atoms with E-state index >= 15 is 0 Å². The van der Waals surface area contributed by atoms with Crippen molar-refractivity contribution in [3.8, 4) is 11.8 Å². The van der Waals surface area contributed by atoms with Crippen molar-refractivity contribution in [3.05, 3.63) is 29.3 Å². The van der Waals surface area contributed by atoms with E-state index in [2.05, 4.69) is 31.0 Å². The van der Waals surface area contributed by atoms with Gasteiger partial charge in [-0.1, -0.05) is 25.7 Å². The molecule has 0 fully saturated rings. The lowest BCUT2D eigenvalue weighted by molar-refractivity contribution is -0.116. The van der Waals surface area contributed by atoms with Crippen molar-refractivity contribution in [1.82, 2.24) is 0 Å². The molecule has 1 aromatic rings. The minimum Gasteiger partial charge on any atom is -0.384 e. The van der Waals surface area contributed by atoms with Gasteiger partial charge in [0.2, 0.25) is 5.91 Å². The molecule has 0 aliphatic carbocycles. The number of hydrogen-bond donors (Lipinski definition) is 2. The highest BCUT2D eigenvalue weighted by atomic mass is 16.2. The number of hydrogen-bond acceptors (Lipinski definition) is 2. The topological polar surface area (TPSA) is 49.3 Å². The average Bonchev–Trinajstić information content (AvgIpc) is 2.33. The first kappa shape index (κ1) is 15.3. The molecule has 0 saturated carbocycles. The minimum atomic E-state index is -0.163. The van der Waals surface area contributed by atoms with Crippen molar-refractivity contribution in [2.75, 3.05) is 11.9 Å². The Morgan fingerprint density at radius 2 is 2.11 bits per heavy atom. The fourth-order valence-corrected chi connectivity index (χ4v) is 1.71. The molecule has 1 amide bonds. The van der Waals surface area contributed by atoms with Crippen molar-refractivity contribution < 1.29 is 9.90 Å². The molecule has 0 aliphatic heterocycles. The van der Waals surface area contributed by atoms with E-state index in [1.807, 2.05) is 25.1 Å². The van der Waals surface area contributed by atoms with E-state index in [-0.39, 0.29) is 12.5 Å². The maximum Gasteiger partial charge on any atom is 0.224 e. The van der Waals surface area contributed by atoms with Gasteiger partial charge in [-0.25, -0.2) is 0 Å². The maximum absolute atomic E-state index is 11.8. The van der Waals surface area contributed by atoms with Gasteiger partial charge in [0.15, 0.2) is 0 Å². The van der Waals surface area contributed by atoms with Crippen LogP contribution in [0.3, 0.4) is 0 Å². The van der Waals surface area contributed by atoms with Crippen LogP contribution in [-0.2, 0) is 4.79 Å². The van der Waals surface area contributed by atoms with Gasteiger partial charge in [0.25, 0.3) is 0 Å². The molecule has 0 radical (unpaired) electrons. The highest BCUT2D eigenvalue weighted by Gasteiger charge is 2.05. The standard InChI is InChI=1S/C16H21NO2/c1-12(2)6-7-16(19)17-15-10-13(3)9-14(11-15)5-4-8-18/h9-12,18H,6-8H2,1-3H3,(H,17,19). The lowest BCUT2D eigenvalue weighted by Crippen LogP contribution is -2.12. The third-order valence-electron chi connectivity index (χ3n) is 2.62. The molecule has 0 heterocycles. The largest absolute Gasteiger partial charge is 0.384 e. The molecular weight excluding hydrogens is 238 g/mol. The van der Waals surface area contributed by atoms with Crippen LogP contribution in [-0.4, -0.2) is 17.6 Å². The Morgan fingerprint density at radius 1 is 1.37 bits per heavy atom. The van der Waals surface area contributed by atoms with E-state index in [4.69, 9.17) is 5.11 Å². The van der Waals surface area contributed by atoms with E-state index in [0.717, 1.165) is 23.2 Å². The highest BCUT2D eigenvalue weighted by Crippen LogP contribution is 2.15. The SMILES string of the molecule is Cc1cc(C#CCO)cc(NC(=O)CCC(C)C)c1. The van der Waals surface area contributed by atoms with E-state index in [9.17, 15) is 4.79 Å². The van der Waals surface area contributed by atoms with Crippen LogP contribution in [0.4, 0.5) is 5.69 Å². The highest BCUT2D eigenvalue weighted by molar-refractivity contribution is 5.91. The third kappa shape index (κ3) is 6.08. The second kappa shape index (κ2) is 7.60. The molecule has 3 heteroatoms. The molecular formula is C16H21NO2. The van der Waals surface area contributed by atoms with Crippen LogP contribution >= 0.6 is 0 Å². The molecule has 2 N–H and O–H groups in total. The van der Waals surface area contributed by atoms with E-state index < -0.39 is 0 Å². The first-order valence-corrected chi connectivity index (χ1v) is 6.52. The molecule has 0 bridgehead atoms. The first-order valence-electron chi connectivity index (χ1n) is 6.52. The Balaban J connectivity index is 2.72. The summed E-state index contributed by atoms with van der Waals surface area (Å²) in [6, 6.07) is 5.66. The normalized spacial score (nSPS) is 9.95. The zero-order valence-electron chi connectivity index (χ0n) is 11.8. The Kier molecular flexibility index (Phi) is 6.11. The minimum absolute atomic E-state index is 0.0281. The summed E-state index contributed by atoms with van der Waals surface area (Å²) in [4.78, 5) is 11.8. The number of carbonyl (C=O) groups is 1. The van der Waals surface area contributed by atoms with Crippen LogP contribution in [0.5, 0.6) is 0 Å². The number of aliphatic hydroxyl groups excluding tert-OH is 1. The van der Waals surface area contributed by atoms with Crippen LogP contribution < -0.4 is 5.32 Å². The summed E-state index contributed by atoms with van der Waals surface area (Å²) < 4.78 is 0. The van der Waals surface area contributed by atoms with Gasteiger partial charge < -0.3 is 10.4 Å². The van der Waals surface area contributed by atoms with Gasteiger partial charge in [-0.15, -0.1) is 0 Å². The predicted molar refractivity (Wildman–Crippen MR) is 77.8 cm³/mol. The smallest absolute Gasteiger partial charge is 0.224 e. The Hall–Kier alpha value is -1.79. The average molecular weight is 259 g/mol. The lowest BCUT2D eigenvalue weighted by atomic mass is 10.1. The van der Waals surface area contributed by atoms with Gasteiger partial charge in [0.1, 0.15) is 6.61 Å². The number of aryl methyl sites for hydroxylation is 1. The number of amides is 1. The maximum atomic E-state index is 11.8. The summed E-state index contributed by atoms with van der Waals surface area (Å²) in [5, 5.41) is 11.6. The van der Waals surface area contributed by atoms with Crippen molar-refractivity contribution in [2.24, 2.45) is 5.92 Å². The summed E-state index contributed by atoms with van der Waals surface area (Å²) in [5.41, 5.74) is 2.59. The van der Waals surface area contributed by atoms with Crippen LogP contribution in [0.1, 0.15) is 37.8 Å². The summed E-state index contributed by atoms with van der Waals surface area (Å²) in [6.07, 6.45) is 1.41. The summed E-state index contributed by atoms with van der Waals surface area (Å²) >= 11 is 0. The Bertz CT molecular complexity index is 495. The number of carbonyl (C=O) groups excluding carboxylic acids is 1. The van der Waals surface area contributed by atoms with Crippen LogP contribution in [0.15, 0.2) is 18.2 Å². The predicted octanol–water partition coefficient (Wildman–Crippen LogP) is 2.71. The van der Waals surface area contributed by atoms with Gasteiger partial charge in [-0.05, 0) is 43.0 Å². The van der Waals surface area contributed by atoms with Crippen molar-refractivity contribution >= 4 is 11.6 Å². The van der Waals surface area contributed by atoms with Crippen molar-refractivity contribution in [2.45, 2.75) is 33.6 Å². The number of anilines is 1. The number of aliphatic hydroxyl groups is 1. The van der Waals surface area contributed by atoms with Crippen molar-refractivity contribution in [1.29, 1.82) is 0 Å². The zero-order chi connectivity index (χ0) is 14.3. The molecule has 0 spiro atoms. The molecule has 0 unspecified atom stereocenters. The molecule has 0 aliphatic rings. The molecule has 19 heavy (non-hydrogen) atoms. The quantitative estimate of drug-likeness (QED) is 0.817. The molecule has 0 atom stereocenters. The molecule has 1 aromatic carbocycles. The van der Waals surface area contributed by atoms with E-state index in [0.29, 0.717) is 12.3 Å². The van der Waals surface area contributed by atoms with E-state index in [1.165, 1.54) is 0 Å². The second-order valence-electron chi connectivity index (χ2n) is 5.03. The molecule has 3 nitrogen and oxygen atoms in total. The third-order valence-corrected chi connectivity index (χ3v) is 2.62. The number of benzene rings is 1. The second-order valence-corrected chi connectivity index (χ2v) is 5.03. The summed E-state index contributed by atoms with van der Waals surface area (Å²) in [6.45, 7) is 5.99. The fraction of sp³-hybridized carbons (Fsp3) is 0.438. The zero-order valence-corrected chi connectivity index (χ0v) is 11.8. The van der Waals surface area contributed by atoms with Gasteiger partial charge in [-0.3, -0.25) is 4.79 Å². The summed E-state index contributed by atoms with van der Waals surface area (Å²) in [7, 11) is 0. The number of nitrogens with one attached hydrogen (secondary N) is 1. The van der Waals surface area contributed by atoms with Crippen LogP contribution in [0, 0.1) is 24.7 Å². The Morgan fingerprint density at radius 3 is 2.74 bits per heavy atom. The molecule has 102 valence electrons. The first-order chi connectivity index (χ1) is 9.01. The fourth-order valence-electron chi connectivity index (χ4n) is 1.71. The van der Waals surface area contributed by atoms with Gasteiger partial charge in [-0.2, -0.15) is 0 Å². The van der Waals surface area contributed by atoms with Gasteiger partial charge >= 0.3 is 0 Å². The van der Waals surface area contributed by atoms with E-state index in [1.54, 1.807) is 0 Å². The summed E-state index contributed by atoms with van der Waals surface area (Å²) in [5.74, 6) is 6.00. The Labute approximate surface area is 115 Å². The number of rotatable bonds is 4.